The first kappa shape index (κ1) is 13.5. The standard InChI is InChI=1S/C17H20N4O/c22-16(12-13-6-1-2-7-13)20-11-5-8-14(20)17-19-18-15-9-3-4-10-21(15)17/h1,3-4,6,9-10,13-14H,2,5,7-8,11-12H2/t13-,14-/m1/s1. The van der Waals surface area contributed by atoms with E-state index in [2.05, 4.69) is 22.3 Å². The Hall–Kier alpha value is -2.17. The third-order valence-corrected chi connectivity index (χ3v) is 4.76. The highest BCUT2D eigenvalue weighted by atomic mass is 16.2. The molecule has 0 aromatic carbocycles. The number of likely N-dealkylation sites (tertiary alicyclic amines) is 1. The van der Waals surface area contributed by atoms with Crippen LogP contribution in [0.1, 0.15) is 44.0 Å². The summed E-state index contributed by atoms with van der Waals surface area (Å²) in [5.74, 6) is 1.57. The normalized spacial score (nSPS) is 24.5. The summed E-state index contributed by atoms with van der Waals surface area (Å²) in [7, 11) is 0. The molecule has 1 amide bonds. The zero-order valence-corrected chi connectivity index (χ0v) is 12.6. The summed E-state index contributed by atoms with van der Waals surface area (Å²) in [6.45, 7) is 0.835. The molecule has 2 aromatic rings. The molecule has 2 atom stereocenters. The zero-order valence-electron chi connectivity index (χ0n) is 12.6. The van der Waals surface area contributed by atoms with Gasteiger partial charge in [0, 0.05) is 19.2 Å². The maximum atomic E-state index is 12.7. The van der Waals surface area contributed by atoms with Crippen LogP contribution >= 0.6 is 0 Å². The highest BCUT2D eigenvalue weighted by Crippen LogP contribution is 2.33. The second kappa shape index (κ2) is 5.55. The molecule has 4 rings (SSSR count). The van der Waals surface area contributed by atoms with Crippen molar-refractivity contribution < 1.29 is 4.79 Å². The molecule has 0 radical (unpaired) electrons. The van der Waals surface area contributed by atoms with Crippen LogP contribution in [0, 0.1) is 5.92 Å². The third-order valence-electron chi connectivity index (χ3n) is 4.76. The van der Waals surface area contributed by atoms with Gasteiger partial charge in [-0.25, -0.2) is 0 Å². The first-order valence-electron chi connectivity index (χ1n) is 8.09. The molecule has 114 valence electrons. The predicted molar refractivity (Wildman–Crippen MR) is 83.2 cm³/mol. The van der Waals surface area contributed by atoms with Crippen LogP contribution in [0.5, 0.6) is 0 Å². The van der Waals surface area contributed by atoms with Crippen LogP contribution in [0.2, 0.25) is 0 Å². The number of pyridine rings is 1. The summed E-state index contributed by atoms with van der Waals surface area (Å²) in [4.78, 5) is 14.7. The third kappa shape index (κ3) is 2.30. The molecule has 0 spiro atoms. The van der Waals surface area contributed by atoms with Crippen LogP contribution in [-0.4, -0.2) is 31.9 Å². The van der Waals surface area contributed by atoms with Gasteiger partial charge in [0.1, 0.15) is 0 Å². The SMILES string of the molecule is O=C(C[C@@H]1C=CCC1)N1CCC[C@@H]1c1nnc2ccccn12. The average molecular weight is 296 g/mol. The largest absolute Gasteiger partial charge is 0.332 e. The van der Waals surface area contributed by atoms with Crippen LogP contribution < -0.4 is 0 Å². The molecular weight excluding hydrogens is 276 g/mol. The molecule has 22 heavy (non-hydrogen) atoms. The Labute approximate surface area is 129 Å². The zero-order chi connectivity index (χ0) is 14.9. The summed E-state index contributed by atoms with van der Waals surface area (Å²) >= 11 is 0. The van der Waals surface area contributed by atoms with E-state index in [0.717, 1.165) is 43.7 Å². The molecule has 2 aromatic heterocycles. The Morgan fingerprint density at radius 3 is 3.09 bits per heavy atom. The van der Waals surface area contributed by atoms with Crippen molar-refractivity contribution in [2.75, 3.05) is 6.54 Å². The van der Waals surface area contributed by atoms with Crippen molar-refractivity contribution in [2.45, 2.75) is 38.1 Å². The van der Waals surface area contributed by atoms with Crippen molar-refractivity contribution in [1.82, 2.24) is 19.5 Å². The smallest absolute Gasteiger partial charge is 0.223 e. The van der Waals surface area contributed by atoms with Gasteiger partial charge in [0.15, 0.2) is 11.5 Å². The van der Waals surface area contributed by atoms with E-state index in [9.17, 15) is 4.79 Å². The fraction of sp³-hybridized carbons (Fsp3) is 0.471. The molecule has 1 saturated heterocycles. The molecule has 1 fully saturated rings. The second-order valence-corrected chi connectivity index (χ2v) is 6.20. The lowest BCUT2D eigenvalue weighted by atomic mass is 10.0. The number of amides is 1. The molecule has 0 N–H and O–H groups in total. The fourth-order valence-electron chi connectivity index (χ4n) is 3.63. The second-order valence-electron chi connectivity index (χ2n) is 6.20. The molecule has 0 bridgehead atoms. The maximum absolute atomic E-state index is 12.7. The number of aromatic nitrogens is 3. The van der Waals surface area contributed by atoms with Crippen LogP contribution in [0.4, 0.5) is 0 Å². The van der Waals surface area contributed by atoms with E-state index >= 15 is 0 Å². The first-order chi connectivity index (χ1) is 10.8. The molecule has 3 heterocycles. The number of rotatable bonds is 3. The molecule has 5 nitrogen and oxygen atoms in total. The van der Waals surface area contributed by atoms with Gasteiger partial charge in [0.25, 0.3) is 0 Å². The van der Waals surface area contributed by atoms with E-state index in [1.165, 1.54) is 0 Å². The maximum Gasteiger partial charge on any atom is 0.223 e. The lowest BCUT2D eigenvalue weighted by Crippen LogP contribution is -2.32. The minimum atomic E-state index is 0.0651. The number of nitrogens with zero attached hydrogens (tertiary/aromatic N) is 4. The predicted octanol–water partition coefficient (Wildman–Crippen LogP) is 2.75. The van der Waals surface area contributed by atoms with Crippen molar-refractivity contribution in [3.05, 3.63) is 42.4 Å². The van der Waals surface area contributed by atoms with E-state index in [1.54, 1.807) is 0 Å². The Morgan fingerprint density at radius 1 is 1.27 bits per heavy atom. The van der Waals surface area contributed by atoms with Gasteiger partial charge < -0.3 is 4.90 Å². The number of carbonyl (C=O) groups excluding carboxylic acids is 1. The molecule has 2 aliphatic rings. The number of hydrogen-bond acceptors (Lipinski definition) is 3. The Bertz CT molecular complexity index is 720. The van der Waals surface area contributed by atoms with E-state index in [0.29, 0.717) is 12.3 Å². The van der Waals surface area contributed by atoms with Crippen LogP contribution in [0.3, 0.4) is 0 Å². The van der Waals surface area contributed by atoms with Gasteiger partial charge in [-0.1, -0.05) is 18.2 Å². The van der Waals surface area contributed by atoms with Crippen LogP contribution in [-0.2, 0) is 4.79 Å². The molecule has 1 aliphatic carbocycles. The number of allylic oxidation sites excluding steroid dienone is 2. The highest BCUT2D eigenvalue weighted by Gasteiger charge is 2.33. The van der Waals surface area contributed by atoms with Gasteiger partial charge in [0.05, 0.1) is 6.04 Å². The molecule has 1 aliphatic heterocycles. The Kier molecular flexibility index (Phi) is 3.41. The van der Waals surface area contributed by atoms with Crippen LogP contribution in [0.25, 0.3) is 5.65 Å². The van der Waals surface area contributed by atoms with E-state index in [1.807, 2.05) is 33.7 Å². The van der Waals surface area contributed by atoms with E-state index in [-0.39, 0.29) is 11.9 Å². The minimum absolute atomic E-state index is 0.0651. The molecule has 5 heteroatoms. The Balaban J connectivity index is 1.58. The van der Waals surface area contributed by atoms with E-state index < -0.39 is 0 Å². The summed E-state index contributed by atoms with van der Waals surface area (Å²) in [5.41, 5.74) is 0.843. The topological polar surface area (TPSA) is 50.5 Å². The molecule has 0 saturated carbocycles. The monoisotopic (exact) mass is 296 g/mol. The van der Waals surface area contributed by atoms with Gasteiger partial charge in [-0.15, -0.1) is 10.2 Å². The number of carbonyl (C=O) groups is 1. The summed E-state index contributed by atoms with van der Waals surface area (Å²) in [6, 6.07) is 5.94. The van der Waals surface area contributed by atoms with Gasteiger partial charge in [0.2, 0.25) is 5.91 Å². The number of fused-ring (bicyclic) bond motifs is 1. The van der Waals surface area contributed by atoms with Crippen molar-refractivity contribution in [1.29, 1.82) is 0 Å². The summed E-state index contributed by atoms with van der Waals surface area (Å²) < 4.78 is 2.01. The van der Waals surface area contributed by atoms with Crippen molar-refractivity contribution >= 4 is 11.6 Å². The van der Waals surface area contributed by atoms with Gasteiger partial charge in [-0.3, -0.25) is 9.20 Å². The first-order valence-corrected chi connectivity index (χ1v) is 8.09. The molecule has 0 unspecified atom stereocenters. The fourth-order valence-corrected chi connectivity index (χ4v) is 3.63. The minimum Gasteiger partial charge on any atom is -0.332 e. The lowest BCUT2D eigenvalue weighted by Gasteiger charge is -2.24. The van der Waals surface area contributed by atoms with Gasteiger partial charge >= 0.3 is 0 Å². The lowest BCUT2D eigenvalue weighted by molar-refractivity contribution is -0.133. The quantitative estimate of drug-likeness (QED) is 0.818. The van der Waals surface area contributed by atoms with Crippen molar-refractivity contribution in [3.63, 3.8) is 0 Å². The van der Waals surface area contributed by atoms with Gasteiger partial charge in [-0.05, 0) is 43.7 Å². The van der Waals surface area contributed by atoms with Crippen molar-refractivity contribution in [2.24, 2.45) is 5.92 Å². The van der Waals surface area contributed by atoms with E-state index in [4.69, 9.17) is 0 Å². The van der Waals surface area contributed by atoms with Crippen molar-refractivity contribution in [3.8, 4) is 0 Å². The molecular formula is C17H20N4O. The Morgan fingerprint density at radius 2 is 2.23 bits per heavy atom. The van der Waals surface area contributed by atoms with Gasteiger partial charge in [-0.2, -0.15) is 0 Å². The summed E-state index contributed by atoms with van der Waals surface area (Å²) in [6.07, 6.45) is 11.2. The van der Waals surface area contributed by atoms with Crippen LogP contribution in [0.15, 0.2) is 36.5 Å². The average Bonchev–Trinajstić information content (AvgIpc) is 3.26. The highest BCUT2D eigenvalue weighted by molar-refractivity contribution is 5.77. The summed E-state index contributed by atoms with van der Waals surface area (Å²) in [5, 5.41) is 8.57. The number of hydrogen-bond donors (Lipinski definition) is 0.